The Balaban J connectivity index is 1.40. The van der Waals surface area contributed by atoms with Gasteiger partial charge in [-0.1, -0.05) is 36.8 Å². The molecule has 1 N–H and O–H groups in total. The molecule has 0 unspecified atom stereocenters. The molecule has 3 heterocycles. The highest BCUT2D eigenvalue weighted by atomic mass is 16.1. The minimum absolute atomic E-state index is 0.135. The van der Waals surface area contributed by atoms with Crippen molar-refractivity contribution in [2.24, 2.45) is 0 Å². The SMILES string of the molecule is CCn1ncc(-c2cc(C(=O)Nc3ccc(CN4CCCCC4)cc3)c3ccccc3n2)c1C. The highest BCUT2D eigenvalue weighted by Gasteiger charge is 2.17. The number of amides is 1. The van der Waals surface area contributed by atoms with Crippen molar-refractivity contribution in [2.75, 3.05) is 18.4 Å². The fourth-order valence-corrected chi connectivity index (χ4v) is 4.79. The summed E-state index contributed by atoms with van der Waals surface area (Å²) in [5, 5.41) is 8.38. The molecule has 0 atom stereocenters. The van der Waals surface area contributed by atoms with Gasteiger partial charge in [0.15, 0.2) is 0 Å². The molecule has 0 radical (unpaired) electrons. The lowest BCUT2D eigenvalue weighted by molar-refractivity contribution is 0.102. The maximum atomic E-state index is 13.4. The zero-order valence-corrected chi connectivity index (χ0v) is 19.9. The molecule has 0 saturated carbocycles. The molecule has 0 aliphatic carbocycles. The number of anilines is 1. The van der Waals surface area contributed by atoms with Crippen molar-refractivity contribution in [1.82, 2.24) is 19.7 Å². The monoisotopic (exact) mass is 453 g/mol. The van der Waals surface area contributed by atoms with E-state index in [2.05, 4.69) is 34.4 Å². The number of aryl methyl sites for hydroxylation is 1. The van der Waals surface area contributed by atoms with Gasteiger partial charge in [-0.25, -0.2) is 4.98 Å². The van der Waals surface area contributed by atoms with Crippen molar-refractivity contribution in [3.63, 3.8) is 0 Å². The van der Waals surface area contributed by atoms with Gasteiger partial charge in [-0.05, 0) is 69.6 Å². The van der Waals surface area contributed by atoms with Crippen LogP contribution in [0.4, 0.5) is 5.69 Å². The number of benzene rings is 2. The van der Waals surface area contributed by atoms with Crippen LogP contribution in [0.25, 0.3) is 22.2 Å². The summed E-state index contributed by atoms with van der Waals surface area (Å²) in [6.07, 6.45) is 5.75. The number of piperidine rings is 1. The van der Waals surface area contributed by atoms with E-state index in [4.69, 9.17) is 4.98 Å². The molecule has 1 aliphatic rings. The first-order valence-corrected chi connectivity index (χ1v) is 12.2. The third-order valence-electron chi connectivity index (χ3n) is 6.71. The number of nitrogens with zero attached hydrogens (tertiary/aromatic N) is 4. The predicted molar refractivity (Wildman–Crippen MR) is 137 cm³/mol. The number of carbonyl (C=O) groups is 1. The van der Waals surface area contributed by atoms with E-state index in [0.29, 0.717) is 5.56 Å². The number of likely N-dealkylation sites (tertiary alicyclic amines) is 1. The fourth-order valence-electron chi connectivity index (χ4n) is 4.79. The smallest absolute Gasteiger partial charge is 0.256 e. The molecule has 174 valence electrons. The number of hydrogen-bond acceptors (Lipinski definition) is 4. The van der Waals surface area contributed by atoms with Gasteiger partial charge in [0.1, 0.15) is 0 Å². The quantitative estimate of drug-likeness (QED) is 0.409. The number of aromatic nitrogens is 3. The Labute approximate surface area is 200 Å². The van der Waals surface area contributed by atoms with Crippen molar-refractivity contribution in [3.05, 3.63) is 77.6 Å². The summed E-state index contributed by atoms with van der Waals surface area (Å²) < 4.78 is 1.94. The van der Waals surface area contributed by atoms with Gasteiger partial charge in [-0.3, -0.25) is 14.4 Å². The molecule has 4 aromatic rings. The van der Waals surface area contributed by atoms with E-state index in [1.54, 1.807) is 0 Å². The van der Waals surface area contributed by atoms with Crippen molar-refractivity contribution >= 4 is 22.5 Å². The summed E-state index contributed by atoms with van der Waals surface area (Å²) in [5.74, 6) is -0.135. The fraction of sp³-hybridized carbons (Fsp3) is 0.321. The largest absolute Gasteiger partial charge is 0.322 e. The number of para-hydroxylation sites is 1. The number of rotatable bonds is 6. The standard InChI is InChI=1S/C28H31N5O/c1-3-33-20(2)25(18-29-33)27-17-24(23-9-5-6-10-26(23)31-27)28(34)30-22-13-11-21(12-14-22)19-32-15-7-4-8-16-32/h5-6,9-14,17-18H,3-4,7-8,15-16,19H2,1-2H3,(H,30,34). The van der Waals surface area contributed by atoms with Gasteiger partial charge in [-0.2, -0.15) is 5.10 Å². The predicted octanol–water partition coefficient (Wildman–Crippen LogP) is 5.66. The van der Waals surface area contributed by atoms with Crippen molar-refractivity contribution in [2.45, 2.75) is 46.2 Å². The third-order valence-corrected chi connectivity index (χ3v) is 6.71. The summed E-state index contributed by atoms with van der Waals surface area (Å²) in [4.78, 5) is 20.7. The zero-order valence-electron chi connectivity index (χ0n) is 19.9. The first-order chi connectivity index (χ1) is 16.6. The summed E-state index contributed by atoms with van der Waals surface area (Å²) in [6.45, 7) is 8.21. The number of nitrogens with one attached hydrogen (secondary N) is 1. The summed E-state index contributed by atoms with van der Waals surface area (Å²) in [6, 6.07) is 17.9. The van der Waals surface area contributed by atoms with E-state index in [0.717, 1.165) is 46.6 Å². The van der Waals surface area contributed by atoms with Gasteiger partial charge < -0.3 is 5.32 Å². The molecular weight excluding hydrogens is 422 g/mol. The maximum absolute atomic E-state index is 13.4. The molecule has 6 heteroatoms. The van der Waals surface area contributed by atoms with E-state index in [-0.39, 0.29) is 5.91 Å². The molecular formula is C28H31N5O. The lowest BCUT2D eigenvalue weighted by Crippen LogP contribution is -2.29. The second-order valence-corrected chi connectivity index (χ2v) is 9.02. The van der Waals surface area contributed by atoms with Crippen LogP contribution in [0, 0.1) is 6.92 Å². The normalized spacial score (nSPS) is 14.4. The molecule has 2 aromatic carbocycles. The number of pyridine rings is 1. The number of fused-ring (bicyclic) bond motifs is 1. The highest BCUT2D eigenvalue weighted by molar-refractivity contribution is 6.13. The van der Waals surface area contributed by atoms with Gasteiger partial charge in [0.2, 0.25) is 0 Å². The van der Waals surface area contributed by atoms with Gasteiger partial charge in [-0.15, -0.1) is 0 Å². The molecule has 0 bridgehead atoms. The molecule has 1 fully saturated rings. The van der Waals surface area contributed by atoms with E-state index >= 15 is 0 Å². The van der Waals surface area contributed by atoms with Crippen LogP contribution in [0.3, 0.4) is 0 Å². The van der Waals surface area contributed by atoms with Gasteiger partial charge in [0, 0.05) is 35.4 Å². The Morgan fingerprint density at radius 1 is 1.03 bits per heavy atom. The molecule has 1 amide bonds. The van der Waals surface area contributed by atoms with E-state index in [1.165, 1.54) is 37.9 Å². The average Bonchev–Trinajstić information content (AvgIpc) is 3.25. The number of carbonyl (C=O) groups excluding carboxylic acids is 1. The van der Waals surface area contributed by atoms with Crippen LogP contribution in [0.1, 0.15) is 47.8 Å². The molecule has 1 aliphatic heterocycles. The summed E-state index contributed by atoms with van der Waals surface area (Å²) in [5.41, 5.74) is 6.24. The second kappa shape index (κ2) is 9.77. The Morgan fingerprint density at radius 2 is 1.79 bits per heavy atom. The van der Waals surface area contributed by atoms with Crippen molar-refractivity contribution in [3.8, 4) is 11.3 Å². The Morgan fingerprint density at radius 3 is 2.53 bits per heavy atom. The van der Waals surface area contributed by atoms with Gasteiger partial charge >= 0.3 is 0 Å². The summed E-state index contributed by atoms with van der Waals surface area (Å²) >= 11 is 0. The highest BCUT2D eigenvalue weighted by Crippen LogP contribution is 2.28. The van der Waals surface area contributed by atoms with E-state index in [1.807, 2.05) is 60.3 Å². The van der Waals surface area contributed by atoms with Crippen LogP contribution in [0.5, 0.6) is 0 Å². The first-order valence-electron chi connectivity index (χ1n) is 12.2. The Bertz CT molecular complexity index is 1300. The molecule has 2 aromatic heterocycles. The summed E-state index contributed by atoms with van der Waals surface area (Å²) in [7, 11) is 0. The van der Waals surface area contributed by atoms with E-state index in [9.17, 15) is 4.79 Å². The van der Waals surface area contributed by atoms with Crippen LogP contribution < -0.4 is 5.32 Å². The second-order valence-electron chi connectivity index (χ2n) is 9.02. The van der Waals surface area contributed by atoms with Gasteiger partial charge in [0.25, 0.3) is 5.91 Å². The zero-order chi connectivity index (χ0) is 23.5. The minimum Gasteiger partial charge on any atom is -0.322 e. The molecule has 34 heavy (non-hydrogen) atoms. The molecule has 5 rings (SSSR count). The van der Waals surface area contributed by atoms with Crippen LogP contribution in [0.2, 0.25) is 0 Å². The molecule has 6 nitrogen and oxygen atoms in total. The van der Waals surface area contributed by atoms with Crippen LogP contribution in [0.15, 0.2) is 60.8 Å². The maximum Gasteiger partial charge on any atom is 0.256 e. The first kappa shape index (κ1) is 22.3. The van der Waals surface area contributed by atoms with Crippen molar-refractivity contribution < 1.29 is 4.79 Å². The average molecular weight is 454 g/mol. The van der Waals surface area contributed by atoms with Crippen molar-refractivity contribution in [1.29, 1.82) is 0 Å². The number of hydrogen-bond donors (Lipinski definition) is 1. The molecule has 0 spiro atoms. The van der Waals surface area contributed by atoms with Crippen LogP contribution in [-0.4, -0.2) is 38.7 Å². The van der Waals surface area contributed by atoms with Gasteiger partial charge in [0.05, 0.1) is 23.0 Å². The lowest BCUT2D eigenvalue weighted by atomic mass is 10.0. The third kappa shape index (κ3) is 4.59. The van der Waals surface area contributed by atoms with Crippen LogP contribution >= 0.6 is 0 Å². The topological polar surface area (TPSA) is 63.1 Å². The lowest BCUT2D eigenvalue weighted by Gasteiger charge is -2.26. The van der Waals surface area contributed by atoms with E-state index < -0.39 is 0 Å². The molecule has 1 saturated heterocycles. The Hall–Kier alpha value is -3.51. The van der Waals surface area contributed by atoms with Crippen LogP contribution in [-0.2, 0) is 13.1 Å². The Kier molecular flexibility index (Phi) is 6.41. The minimum atomic E-state index is -0.135.